The number of benzene rings is 2. The fraction of sp³-hybridized carbons (Fsp3) is 0.350. The molecular weight excluding hydrogens is 400 g/mol. The van der Waals surface area contributed by atoms with Crippen molar-refractivity contribution in [2.24, 2.45) is 0 Å². The van der Waals surface area contributed by atoms with E-state index in [1.54, 1.807) is 25.1 Å². The lowest BCUT2D eigenvalue weighted by Crippen LogP contribution is -2.45. The summed E-state index contributed by atoms with van der Waals surface area (Å²) in [5, 5.41) is 3.38. The summed E-state index contributed by atoms with van der Waals surface area (Å²) in [5.74, 6) is 0.143. The molecule has 2 aromatic carbocycles. The number of methoxy groups -OCH3 is 1. The fourth-order valence-electron chi connectivity index (χ4n) is 3.34. The lowest BCUT2D eigenvalue weighted by atomic mass is 10.2. The van der Waals surface area contributed by atoms with E-state index in [4.69, 9.17) is 16.3 Å². The second-order valence-electron chi connectivity index (χ2n) is 6.71. The summed E-state index contributed by atoms with van der Waals surface area (Å²) in [6, 6.07) is 11.4. The number of carbonyl (C=O) groups is 1. The van der Waals surface area contributed by atoms with Gasteiger partial charge in [0.15, 0.2) is 0 Å². The van der Waals surface area contributed by atoms with E-state index in [1.165, 1.54) is 17.5 Å². The maximum Gasteiger partial charge on any atom is 0.244 e. The van der Waals surface area contributed by atoms with E-state index in [9.17, 15) is 13.2 Å². The van der Waals surface area contributed by atoms with Gasteiger partial charge >= 0.3 is 0 Å². The minimum absolute atomic E-state index is 0.164. The molecule has 1 aliphatic rings. The molecule has 0 aromatic heterocycles. The molecule has 150 valence electrons. The molecule has 1 N–H and O–H groups in total. The number of carbonyl (C=O) groups excluding carboxylic acids is 1. The van der Waals surface area contributed by atoms with Crippen LogP contribution in [0.1, 0.15) is 24.0 Å². The van der Waals surface area contributed by atoms with Crippen molar-refractivity contribution in [3.63, 3.8) is 0 Å². The first-order chi connectivity index (χ1) is 13.3. The molecule has 1 fully saturated rings. The largest absolute Gasteiger partial charge is 0.497 e. The average molecular weight is 423 g/mol. The molecule has 2 aromatic rings. The number of amides is 1. The Morgan fingerprint density at radius 3 is 2.75 bits per heavy atom. The van der Waals surface area contributed by atoms with Gasteiger partial charge < -0.3 is 10.1 Å². The Kier molecular flexibility index (Phi) is 6.27. The monoisotopic (exact) mass is 422 g/mol. The highest BCUT2D eigenvalue weighted by Crippen LogP contribution is 2.30. The van der Waals surface area contributed by atoms with Crippen LogP contribution in [0.4, 0.5) is 0 Å². The van der Waals surface area contributed by atoms with Gasteiger partial charge in [-0.3, -0.25) is 4.79 Å². The van der Waals surface area contributed by atoms with Crippen molar-refractivity contribution in [1.82, 2.24) is 9.62 Å². The first kappa shape index (κ1) is 20.6. The zero-order valence-corrected chi connectivity index (χ0v) is 17.4. The highest BCUT2D eigenvalue weighted by molar-refractivity contribution is 7.89. The van der Waals surface area contributed by atoms with E-state index in [0.717, 1.165) is 5.56 Å². The molecule has 0 saturated carbocycles. The van der Waals surface area contributed by atoms with Crippen molar-refractivity contribution in [2.45, 2.75) is 37.2 Å². The number of nitrogens with one attached hydrogen (secondary N) is 1. The summed E-state index contributed by atoms with van der Waals surface area (Å²) >= 11 is 6.13. The second-order valence-corrected chi connectivity index (χ2v) is 8.98. The van der Waals surface area contributed by atoms with E-state index in [0.29, 0.717) is 35.7 Å². The summed E-state index contributed by atoms with van der Waals surface area (Å²) in [6.45, 7) is 2.29. The van der Waals surface area contributed by atoms with E-state index in [-0.39, 0.29) is 17.3 Å². The molecule has 1 heterocycles. The van der Waals surface area contributed by atoms with Crippen molar-refractivity contribution in [1.29, 1.82) is 0 Å². The van der Waals surface area contributed by atoms with Gasteiger partial charge in [-0.25, -0.2) is 8.42 Å². The molecule has 0 aliphatic carbocycles. The van der Waals surface area contributed by atoms with Crippen LogP contribution in [0.3, 0.4) is 0 Å². The predicted molar refractivity (Wildman–Crippen MR) is 108 cm³/mol. The quantitative estimate of drug-likeness (QED) is 0.776. The van der Waals surface area contributed by atoms with Crippen LogP contribution in [0.2, 0.25) is 5.02 Å². The summed E-state index contributed by atoms with van der Waals surface area (Å²) in [7, 11) is -2.33. The van der Waals surface area contributed by atoms with Crippen molar-refractivity contribution < 1.29 is 17.9 Å². The third-order valence-corrected chi connectivity index (χ3v) is 7.32. The van der Waals surface area contributed by atoms with Crippen LogP contribution in [-0.2, 0) is 21.4 Å². The van der Waals surface area contributed by atoms with Crippen LogP contribution in [0.25, 0.3) is 0 Å². The predicted octanol–water partition coefficient (Wildman–Crippen LogP) is 3.13. The van der Waals surface area contributed by atoms with Crippen LogP contribution in [0, 0.1) is 6.92 Å². The molecule has 8 heteroatoms. The summed E-state index contributed by atoms with van der Waals surface area (Å²) in [4.78, 5) is 12.9. The van der Waals surface area contributed by atoms with Gasteiger partial charge in [0.1, 0.15) is 11.8 Å². The number of halogens is 1. The Morgan fingerprint density at radius 1 is 1.29 bits per heavy atom. The molecule has 6 nitrogen and oxygen atoms in total. The maximum atomic E-state index is 13.2. The minimum atomic E-state index is -3.82. The average Bonchev–Trinajstić information content (AvgIpc) is 3.18. The third kappa shape index (κ3) is 4.16. The fourth-order valence-corrected chi connectivity index (χ4v) is 5.44. The topological polar surface area (TPSA) is 75.7 Å². The van der Waals surface area contributed by atoms with Crippen LogP contribution in [-0.4, -0.2) is 38.3 Å². The minimum Gasteiger partial charge on any atom is -0.497 e. The Morgan fingerprint density at radius 2 is 2.04 bits per heavy atom. The smallest absolute Gasteiger partial charge is 0.244 e. The highest BCUT2D eigenvalue weighted by atomic mass is 35.5. The molecule has 0 spiro atoms. The summed E-state index contributed by atoms with van der Waals surface area (Å²) in [5.41, 5.74) is 1.40. The zero-order valence-electron chi connectivity index (χ0n) is 15.8. The van der Waals surface area contributed by atoms with E-state index in [2.05, 4.69) is 5.32 Å². The van der Waals surface area contributed by atoms with E-state index in [1.807, 2.05) is 18.2 Å². The zero-order chi connectivity index (χ0) is 20.3. The summed E-state index contributed by atoms with van der Waals surface area (Å²) < 4.78 is 32.9. The van der Waals surface area contributed by atoms with Gasteiger partial charge in [0, 0.05) is 24.2 Å². The highest BCUT2D eigenvalue weighted by Gasteiger charge is 2.40. The van der Waals surface area contributed by atoms with Crippen LogP contribution < -0.4 is 10.1 Å². The molecule has 0 bridgehead atoms. The standard InChI is InChI=1S/C20H23ClN2O4S/c1-14-9-10-16(27-2)12-19(14)28(25,26)23-11-5-8-18(23)20(24)22-13-15-6-3-4-7-17(15)21/h3-4,6-7,9-10,12,18H,5,8,11,13H2,1-2H3,(H,22,24)/t18-/m1/s1. The van der Waals surface area contributed by atoms with Gasteiger partial charge in [0.25, 0.3) is 0 Å². The SMILES string of the molecule is COc1ccc(C)c(S(=O)(=O)N2CCC[C@@H]2C(=O)NCc2ccccc2Cl)c1. The number of hydrogen-bond acceptors (Lipinski definition) is 4. The molecule has 28 heavy (non-hydrogen) atoms. The van der Waals surface area contributed by atoms with Crippen LogP contribution in [0.15, 0.2) is 47.4 Å². The van der Waals surface area contributed by atoms with Crippen molar-refractivity contribution >= 4 is 27.5 Å². The number of ether oxygens (including phenoxy) is 1. The second kappa shape index (κ2) is 8.51. The lowest BCUT2D eigenvalue weighted by molar-refractivity contribution is -0.124. The van der Waals surface area contributed by atoms with Gasteiger partial charge in [-0.05, 0) is 43.0 Å². The maximum absolute atomic E-state index is 13.2. The van der Waals surface area contributed by atoms with Gasteiger partial charge in [-0.1, -0.05) is 35.9 Å². The lowest BCUT2D eigenvalue weighted by Gasteiger charge is -2.24. The Hall–Kier alpha value is -2.09. The normalized spacial score (nSPS) is 17.5. The molecule has 1 aliphatic heterocycles. The molecule has 0 radical (unpaired) electrons. The first-order valence-electron chi connectivity index (χ1n) is 9.02. The van der Waals surface area contributed by atoms with Gasteiger partial charge in [-0.15, -0.1) is 0 Å². The molecule has 3 rings (SSSR count). The van der Waals surface area contributed by atoms with E-state index < -0.39 is 16.1 Å². The molecular formula is C20H23ClN2O4S. The van der Waals surface area contributed by atoms with Gasteiger partial charge in [0.05, 0.1) is 12.0 Å². The van der Waals surface area contributed by atoms with Crippen molar-refractivity contribution in [3.05, 3.63) is 58.6 Å². The number of sulfonamides is 1. The van der Waals surface area contributed by atoms with Crippen LogP contribution in [0.5, 0.6) is 5.75 Å². The summed E-state index contributed by atoms with van der Waals surface area (Å²) in [6.07, 6.45) is 1.11. The third-order valence-electron chi connectivity index (χ3n) is 4.90. The Balaban J connectivity index is 1.80. The Labute approximate surface area is 170 Å². The number of nitrogens with zero attached hydrogens (tertiary/aromatic N) is 1. The molecule has 1 atom stereocenters. The van der Waals surface area contributed by atoms with Gasteiger partial charge in [-0.2, -0.15) is 4.31 Å². The van der Waals surface area contributed by atoms with Crippen molar-refractivity contribution in [2.75, 3.05) is 13.7 Å². The molecule has 0 unspecified atom stereocenters. The number of aryl methyl sites for hydroxylation is 1. The first-order valence-corrected chi connectivity index (χ1v) is 10.8. The number of rotatable bonds is 6. The molecule has 1 amide bonds. The van der Waals surface area contributed by atoms with Crippen LogP contribution >= 0.6 is 11.6 Å². The van der Waals surface area contributed by atoms with Gasteiger partial charge in [0.2, 0.25) is 15.9 Å². The number of hydrogen-bond donors (Lipinski definition) is 1. The Bertz CT molecular complexity index is 978. The van der Waals surface area contributed by atoms with Crippen molar-refractivity contribution in [3.8, 4) is 5.75 Å². The van der Waals surface area contributed by atoms with E-state index >= 15 is 0 Å². The molecule has 1 saturated heterocycles.